The summed E-state index contributed by atoms with van der Waals surface area (Å²) in [5, 5.41) is 0. The van der Waals surface area contributed by atoms with E-state index in [2.05, 4.69) is 20.8 Å². The van der Waals surface area contributed by atoms with Gasteiger partial charge in [0.25, 0.3) is 0 Å². The highest BCUT2D eigenvalue weighted by Crippen LogP contribution is 2.17. The number of esters is 3. The zero-order valence-corrected chi connectivity index (χ0v) is 40.1. The molecular weight excluding hydrogens is 733 g/mol. The van der Waals surface area contributed by atoms with Crippen LogP contribution in [-0.4, -0.2) is 37.2 Å². The lowest BCUT2D eigenvalue weighted by molar-refractivity contribution is -0.167. The highest BCUT2D eigenvalue weighted by Gasteiger charge is 2.19. The minimum Gasteiger partial charge on any atom is -0.462 e. The second-order valence-electron chi connectivity index (χ2n) is 18.2. The highest BCUT2D eigenvalue weighted by molar-refractivity contribution is 5.71. The van der Waals surface area contributed by atoms with E-state index in [0.717, 1.165) is 64.2 Å². The summed E-state index contributed by atoms with van der Waals surface area (Å²) in [4.78, 5) is 37.6. The first-order valence-corrected chi connectivity index (χ1v) is 26.5. The fourth-order valence-corrected chi connectivity index (χ4v) is 8.09. The van der Waals surface area contributed by atoms with Gasteiger partial charge in [0, 0.05) is 19.3 Å². The van der Waals surface area contributed by atoms with Gasteiger partial charge >= 0.3 is 17.9 Å². The first-order valence-electron chi connectivity index (χ1n) is 26.5. The molecule has 0 amide bonds. The standard InChI is InChI=1S/C53H102O6/c1-4-7-10-13-15-17-19-21-22-23-24-25-26-27-28-29-30-32-33-35-37-40-43-46-52(55)58-49-50(48-57-51(54)45-42-39-12-9-6-3)59-53(56)47-44-41-38-36-34-31-20-18-16-14-11-8-5-2/h50H,4-49H2,1-3H3. The van der Waals surface area contributed by atoms with Crippen molar-refractivity contribution in [2.45, 2.75) is 309 Å². The number of unbranched alkanes of at least 4 members (excludes halogenated alkanes) is 38. The van der Waals surface area contributed by atoms with Crippen LogP contribution in [0.5, 0.6) is 0 Å². The number of hydrogen-bond acceptors (Lipinski definition) is 6. The maximum Gasteiger partial charge on any atom is 0.306 e. The first-order chi connectivity index (χ1) is 29.0. The van der Waals surface area contributed by atoms with Crippen molar-refractivity contribution < 1.29 is 28.6 Å². The molecule has 0 aromatic rings. The largest absolute Gasteiger partial charge is 0.462 e. The van der Waals surface area contributed by atoms with Crippen LogP contribution in [0, 0.1) is 0 Å². The van der Waals surface area contributed by atoms with Gasteiger partial charge in [0.1, 0.15) is 13.2 Å². The van der Waals surface area contributed by atoms with E-state index in [-0.39, 0.29) is 31.1 Å². The molecule has 1 atom stereocenters. The van der Waals surface area contributed by atoms with E-state index in [0.29, 0.717) is 19.3 Å². The van der Waals surface area contributed by atoms with Crippen LogP contribution in [0.1, 0.15) is 303 Å². The molecule has 1 unspecified atom stereocenters. The van der Waals surface area contributed by atoms with Crippen LogP contribution in [0.2, 0.25) is 0 Å². The van der Waals surface area contributed by atoms with E-state index in [1.54, 1.807) is 0 Å². The van der Waals surface area contributed by atoms with E-state index in [1.165, 1.54) is 199 Å². The van der Waals surface area contributed by atoms with E-state index in [1.807, 2.05) is 0 Å². The van der Waals surface area contributed by atoms with E-state index in [4.69, 9.17) is 14.2 Å². The van der Waals surface area contributed by atoms with Crippen LogP contribution in [0.25, 0.3) is 0 Å². The summed E-state index contributed by atoms with van der Waals surface area (Å²) >= 11 is 0. The summed E-state index contributed by atoms with van der Waals surface area (Å²) in [5.74, 6) is -0.858. The number of hydrogen-bond donors (Lipinski definition) is 0. The van der Waals surface area contributed by atoms with E-state index < -0.39 is 6.10 Å². The zero-order chi connectivity index (χ0) is 43.0. The molecule has 0 rings (SSSR count). The minimum atomic E-state index is -0.758. The Morgan fingerprint density at radius 1 is 0.271 bits per heavy atom. The molecule has 0 saturated carbocycles. The molecule has 0 aromatic carbocycles. The quantitative estimate of drug-likeness (QED) is 0.0345. The Kier molecular flexibility index (Phi) is 47.7. The van der Waals surface area contributed by atoms with E-state index >= 15 is 0 Å². The molecule has 0 bridgehead atoms. The third kappa shape index (κ3) is 47.3. The number of rotatable bonds is 49. The van der Waals surface area contributed by atoms with Gasteiger partial charge in [0.2, 0.25) is 0 Å². The lowest BCUT2D eigenvalue weighted by Crippen LogP contribution is -2.30. The second kappa shape index (κ2) is 49.1. The lowest BCUT2D eigenvalue weighted by atomic mass is 10.0. The maximum atomic E-state index is 12.7. The highest BCUT2D eigenvalue weighted by atomic mass is 16.6. The molecule has 0 aliphatic rings. The molecule has 0 aromatic heterocycles. The number of carbonyl (C=O) groups is 3. The van der Waals surface area contributed by atoms with E-state index in [9.17, 15) is 14.4 Å². The normalized spacial score (nSPS) is 11.8. The van der Waals surface area contributed by atoms with Gasteiger partial charge in [0.05, 0.1) is 0 Å². The third-order valence-electron chi connectivity index (χ3n) is 12.1. The summed E-state index contributed by atoms with van der Waals surface area (Å²) in [5.41, 5.74) is 0. The molecule has 0 N–H and O–H groups in total. The zero-order valence-electron chi connectivity index (χ0n) is 40.1. The molecule has 0 spiro atoms. The van der Waals surface area contributed by atoms with Gasteiger partial charge in [0.15, 0.2) is 6.10 Å². The minimum absolute atomic E-state index is 0.0632. The van der Waals surface area contributed by atoms with Gasteiger partial charge < -0.3 is 14.2 Å². The van der Waals surface area contributed by atoms with Crippen molar-refractivity contribution in [2.24, 2.45) is 0 Å². The molecule has 0 heterocycles. The summed E-state index contributed by atoms with van der Waals surface area (Å²) in [7, 11) is 0. The van der Waals surface area contributed by atoms with Gasteiger partial charge in [-0.15, -0.1) is 0 Å². The predicted octanol–water partition coefficient (Wildman–Crippen LogP) is 17.2. The Bertz CT molecular complexity index is 874. The Balaban J connectivity index is 4.00. The summed E-state index contributed by atoms with van der Waals surface area (Å²) in [6.45, 7) is 6.60. The Morgan fingerprint density at radius 2 is 0.458 bits per heavy atom. The van der Waals surface area contributed by atoms with Crippen LogP contribution in [0.4, 0.5) is 0 Å². The summed E-state index contributed by atoms with van der Waals surface area (Å²) in [6.07, 6.45) is 52.8. The predicted molar refractivity (Wildman–Crippen MR) is 252 cm³/mol. The average molecular weight is 835 g/mol. The molecule has 0 saturated heterocycles. The Labute approximate surface area is 368 Å². The van der Waals surface area contributed by atoms with Crippen molar-refractivity contribution in [3.63, 3.8) is 0 Å². The van der Waals surface area contributed by atoms with Crippen LogP contribution in [-0.2, 0) is 28.6 Å². The lowest BCUT2D eigenvalue weighted by Gasteiger charge is -2.18. The molecule has 0 radical (unpaired) electrons. The number of carbonyl (C=O) groups excluding carboxylic acids is 3. The fourth-order valence-electron chi connectivity index (χ4n) is 8.09. The van der Waals surface area contributed by atoms with Crippen LogP contribution >= 0.6 is 0 Å². The second-order valence-corrected chi connectivity index (χ2v) is 18.2. The van der Waals surface area contributed by atoms with Crippen LogP contribution in [0.3, 0.4) is 0 Å². The summed E-state index contributed by atoms with van der Waals surface area (Å²) < 4.78 is 16.7. The van der Waals surface area contributed by atoms with Gasteiger partial charge in [-0.2, -0.15) is 0 Å². The van der Waals surface area contributed by atoms with Crippen LogP contribution in [0.15, 0.2) is 0 Å². The Hall–Kier alpha value is -1.59. The Morgan fingerprint density at radius 3 is 0.678 bits per heavy atom. The van der Waals surface area contributed by atoms with Crippen molar-refractivity contribution in [3.8, 4) is 0 Å². The van der Waals surface area contributed by atoms with Crippen molar-refractivity contribution in [1.82, 2.24) is 0 Å². The molecule has 59 heavy (non-hydrogen) atoms. The molecule has 350 valence electrons. The molecule has 6 nitrogen and oxygen atoms in total. The van der Waals surface area contributed by atoms with Gasteiger partial charge in [-0.05, 0) is 19.3 Å². The van der Waals surface area contributed by atoms with Crippen molar-refractivity contribution in [3.05, 3.63) is 0 Å². The fraction of sp³-hybridized carbons (Fsp3) is 0.943. The topological polar surface area (TPSA) is 78.9 Å². The molecule has 6 heteroatoms. The molecule has 0 aliphatic heterocycles. The summed E-state index contributed by atoms with van der Waals surface area (Å²) in [6, 6.07) is 0. The third-order valence-corrected chi connectivity index (χ3v) is 12.1. The first kappa shape index (κ1) is 57.4. The van der Waals surface area contributed by atoms with Crippen molar-refractivity contribution >= 4 is 17.9 Å². The van der Waals surface area contributed by atoms with Crippen molar-refractivity contribution in [1.29, 1.82) is 0 Å². The molecule has 0 fully saturated rings. The van der Waals surface area contributed by atoms with Gasteiger partial charge in [-0.3, -0.25) is 14.4 Å². The number of ether oxygens (including phenoxy) is 3. The smallest absolute Gasteiger partial charge is 0.306 e. The van der Waals surface area contributed by atoms with Crippen molar-refractivity contribution in [2.75, 3.05) is 13.2 Å². The molecule has 0 aliphatic carbocycles. The van der Waals surface area contributed by atoms with Crippen LogP contribution < -0.4 is 0 Å². The monoisotopic (exact) mass is 835 g/mol. The molecular formula is C53H102O6. The maximum absolute atomic E-state index is 12.7. The average Bonchev–Trinajstić information content (AvgIpc) is 3.23. The van der Waals surface area contributed by atoms with Gasteiger partial charge in [-0.1, -0.05) is 265 Å². The SMILES string of the molecule is CCCCCCCCCCCCCCCCCCCCCCCCCC(=O)OCC(COC(=O)CCCCCCC)OC(=O)CCCCCCCCCCCCCCC. The van der Waals surface area contributed by atoms with Gasteiger partial charge in [-0.25, -0.2) is 0 Å².